The highest BCUT2D eigenvalue weighted by Crippen LogP contribution is 2.27. The number of nitrogens with one attached hydrogen (secondary N) is 1. The zero-order chi connectivity index (χ0) is 15.1. The fourth-order valence-corrected chi connectivity index (χ4v) is 1.76. The Bertz CT molecular complexity index is 602. The normalized spacial score (nSPS) is 10.1. The van der Waals surface area contributed by atoms with E-state index in [0.717, 1.165) is 18.5 Å². The molecule has 0 amide bonds. The van der Waals surface area contributed by atoms with Crippen LogP contribution >= 0.6 is 0 Å². The van der Waals surface area contributed by atoms with E-state index in [1.165, 1.54) is 6.07 Å². The van der Waals surface area contributed by atoms with Crippen LogP contribution in [-0.4, -0.2) is 16.5 Å². The van der Waals surface area contributed by atoms with Gasteiger partial charge in [-0.3, -0.25) is 10.1 Å². The number of nitrogens with zero attached hydrogens (tertiary/aromatic N) is 2. The lowest BCUT2D eigenvalue weighted by Gasteiger charge is -2.09. The van der Waals surface area contributed by atoms with Crippen LogP contribution in [0.3, 0.4) is 0 Å². The summed E-state index contributed by atoms with van der Waals surface area (Å²) in [5.74, 6) is 0.607. The molecule has 2 rings (SSSR count). The lowest BCUT2D eigenvalue weighted by Crippen LogP contribution is -2.05. The van der Waals surface area contributed by atoms with Crippen molar-refractivity contribution in [1.29, 1.82) is 0 Å². The van der Waals surface area contributed by atoms with E-state index in [-0.39, 0.29) is 18.2 Å². The van der Waals surface area contributed by atoms with Crippen LogP contribution in [0.4, 0.5) is 11.5 Å². The number of benzene rings is 1. The molecule has 21 heavy (non-hydrogen) atoms. The van der Waals surface area contributed by atoms with E-state index in [9.17, 15) is 10.1 Å². The molecule has 1 aromatic carbocycles. The molecular formula is C15H17N3O3. The van der Waals surface area contributed by atoms with Crippen LogP contribution in [0.2, 0.25) is 0 Å². The number of rotatable bonds is 7. The highest BCUT2D eigenvalue weighted by molar-refractivity contribution is 5.49. The second kappa shape index (κ2) is 7.23. The number of hydrogen-bond acceptors (Lipinski definition) is 5. The molecule has 0 aliphatic heterocycles. The van der Waals surface area contributed by atoms with Crippen molar-refractivity contribution >= 4 is 11.5 Å². The summed E-state index contributed by atoms with van der Waals surface area (Å²) in [5, 5.41) is 14.1. The first-order valence-electron chi connectivity index (χ1n) is 6.76. The Morgan fingerprint density at radius 1 is 1.24 bits per heavy atom. The van der Waals surface area contributed by atoms with Gasteiger partial charge >= 0.3 is 5.69 Å². The minimum Gasteiger partial charge on any atom is -0.468 e. The van der Waals surface area contributed by atoms with Crippen molar-refractivity contribution in [3.8, 4) is 5.88 Å². The molecule has 0 spiro atoms. The van der Waals surface area contributed by atoms with Gasteiger partial charge < -0.3 is 10.1 Å². The third kappa shape index (κ3) is 4.17. The SMILES string of the molecule is CCCNc1ccc([N+](=O)[O-])c(OCc2ccccc2)n1. The maximum atomic E-state index is 11.0. The molecule has 0 unspecified atom stereocenters. The summed E-state index contributed by atoms with van der Waals surface area (Å²) in [7, 11) is 0. The predicted octanol–water partition coefficient (Wildman–Crippen LogP) is 3.39. The first kappa shape index (κ1) is 14.8. The van der Waals surface area contributed by atoms with E-state index in [4.69, 9.17) is 4.74 Å². The van der Waals surface area contributed by atoms with Crippen LogP contribution in [0.1, 0.15) is 18.9 Å². The van der Waals surface area contributed by atoms with Gasteiger partial charge in [-0.05, 0) is 18.1 Å². The quantitative estimate of drug-likeness (QED) is 0.624. The summed E-state index contributed by atoms with van der Waals surface area (Å²) in [6.07, 6.45) is 0.943. The Balaban J connectivity index is 2.16. The third-order valence-electron chi connectivity index (χ3n) is 2.81. The molecule has 0 fully saturated rings. The van der Waals surface area contributed by atoms with Crippen molar-refractivity contribution in [3.05, 3.63) is 58.1 Å². The molecule has 0 bridgehead atoms. The summed E-state index contributed by atoms with van der Waals surface area (Å²) < 4.78 is 5.51. The van der Waals surface area contributed by atoms with Crippen molar-refractivity contribution in [2.24, 2.45) is 0 Å². The number of aromatic nitrogens is 1. The summed E-state index contributed by atoms with van der Waals surface area (Å²) in [6, 6.07) is 12.5. The number of ether oxygens (including phenoxy) is 1. The lowest BCUT2D eigenvalue weighted by atomic mass is 10.2. The number of pyridine rings is 1. The average Bonchev–Trinajstić information content (AvgIpc) is 2.51. The molecule has 1 heterocycles. The van der Waals surface area contributed by atoms with Crippen LogP contribution in [0.25, 0.3) is 0 Å². The topological polar surface area (TPSA) is 77.3 Å². The van der Waals surface area contributed by atoms with Gasteiger partial charge in [-0.25, -0.2) is 0 Å². The zero-order valence-corrected chi connectivity index (χ0v) is 11.8. The largest absolute Gasteiger partial charge is 0.468 e. The number of anilines is 1. The Labute approximate surface area is 122 Å². The summed E-state index contributed by atoms with van der Waals surface area (Å²) >= 11 is 0. The molecule has 0 saturated heterocycles. The van der Waals surface area contributed by atoms with Crippen LogP contribution in [0.5, 0.6) is 5.88 Å². The molecule has 0 radical (unpaired) electrons. The molecule has 0 saturated carbocycles. The fraction of sp³-hybridized carbons (Fsp3) is 0.267. The van der Waals surface area contributed by atoms with E-state index in [1.807, 2.05) is 37.3 Å². The van der Waals surface area contributed by atoms with Crippen molar-refractivity contribution in [3.63, 3.8) is 0 Å². The van der Waals surface area contributed by atoms with Crippen LogP contribution in [0, 0.1) is 10.1 Å². The Kier molecular flexibility index (Phi) is 5.09. The number of nitro groups is 1. The van der Waals surface area contributed by atoms with E-state index in [2.05, 4.69) is 10.3 Å². The van der Waals surface area contributed by atoms with E-state index in [1.54, 1.807) is 6.07 Å². The first-order chi connectivity index (χ1) is 10.2. The van der Waals surface area contributed by atoms with Gasteiger partial charge in [-0.1, -0.05) is 37.3 Å². The fourth-order valence-electron chi connectivity index (χ4n) is 1.76. The predicted molar refractivity (Wildman–Crippen MR) is 80.4 cm³/mol. The lowest BCUT2D eigenvalue weighted by molar-refractivity contribution is -0.386. The molecule has 0 aliphatic rings. The van der Waals surface area contributed by atoms with Gasteiger partial charge in [-0.2, -0.15) is 4.98 Å². The van der Waals surface area contributed by atoms with Crippen LogP contribution in [-0.2, 0) is 6.61 Å². The highest BCUT2D eigenvalue weighted by Gasteiger charge is 2.17. The molecule has 0 aliphatic carbocycles. The molecule has 2 aromatic rings. The maximum Gasteiger partial charge on any atom is 0.331 e. The van der Waals surface area contributed by atoms with Gasteiger partial charge in [0.05, 0.1) is 4.92 Å². The van der Waals surface area contributed by atoms with Gasteiger partial charge in [0.25, 0.3) is 5.88 Å². The van der Waals surface area contributed by atoms with Crippen molar-refractivity contribution in [2.45, 2.75) is 20.0 Å². The standard InChI is InChI=1S/C15H17N3O3/c1-2-10-16-14-9-8-13(18(19)20)15(17-14)21-11-12-6-4-3-5-7-12/h3-9H,2,10-11H2,1H3,(H,16,17). The second-order valence-electron chi connectivity index (χ2n) is 4.48. The van der Waals surface area contributed by atoms with Crippen molar-refractivity contribution < 1.29 is 9.66 Å². The van der Waals surface area contributed by atoms with Gasteiger partial charge in [0, 0.05) is 12.6 Å². The average molecular weight is 287 g/mol. The van der Waals surface area contributed by atoms with Crippen LogP contribution in [0.15, 0.2) is 42.5 Å². The van der Waals surface area contributed by atoms with Gasteiger partial charge in [0.1, 0.15) is 12.4 Å². The van der Waals surface area contributed by atoms with Gasteiger partial charge in [0.2, 0.25) is 0 Å². The monoisotopic (exact) mass is 287 g/mol. The molecule has 1 aromatic heterocycles. The summed E-state index contributed by atoms with van der Waals surface area (Å²) in [5.41, 5.74) is 0.800. The summed E-state index contributed by atoms with van der Waals surface area (Å²) in [6.45, 7) is 3.03. The minimum absolute atomic E-state index is 0.0324. The van der Waals surface area contributed by atoms with Crippen molar-refractivity contribution in [1.82, 2.24) is 4.98 Å². The Morgan fingerprint density at radius 3 is 2.67 bits per heavy atom. The molecular weight excluding hydrogens is 270 g/mol. The maximum absolute atomic E-state index is 11.0. The molecule has 6 nitrogen and oxygen atoms in total. The molecule has 0 atom stereocenters. The van der Waals surface area contributed by atoms with Crippen LogP contribution < -0.4 is 10.1 Å². The van der Waals surface area contributed by atoms with Crippen molar-refractivity contribution in [2.75, 3.05) is 11.9 Å². The van der Waals surface area contributed by atoms with E-state index >= 15 is 0 Å². The Morgan fingerprint density at radius 2 is 2.00 bits per heavy atom. The smallest absolute Gasteiger partial charge is 0.331 e. The molecule has 110 valence electrons. The highest BCUT2D eigenvalue weighted by atomic mass is 16.6. The molecule has 1 N–H and O–H groups in total. The van der Waals surface area contributed by atoms with Gasteiger partial charge in [-0.15, -0.1) is 0 Å². The van der Waals surface area contributed by atoms with E-state index < -0.39 is 4.92 Å². The Hall–Kier alpha value is -2.63. The third-order valence-corrected chi connectivity index (χ3v) is 2.81. The second-order valence-corrected chi connectivity index (χ2v) is 4.48. The summed E-state index contributed by atoms with van der Waals surface area (Å²) in [4.78, 5) is 14.7. The number of hydrogen-bond donors (Lipinski definition) is 1. The first-order valence-corrected chi connectivity index (χ1v) is 6.76. The zero-order valence-electron chi connectivity index (χ0n) is 11.8. The van der Waals surface area contributed by atoms with E-state index in [0.29, 0.717) is 5.82 Å². The van der Waals surface area contributed by atoms with Gasteiger partial charge in [0.15, 0.2) is 0 Å². The minimum atomic E-state index is -0.489. The molecule has 6 heteroatoms.